The highest BCUT2D eigenvalue weighted by atomic mass is 32.2. The number of aliphatic hydroxyl groups is 1. The Labute approximate surface area is 186 Å². The Bertz CT molecular complexity index is 1280. The third-order valence-corrected chi connectivity index (χ3v) is 7.07. The zero-order valence-corrected chi connectivity index (χ0v) is 18.2. The molecule has 6 nitrogen and oxygen atoms in total. The highest BCUT2D eigenvalue weighted by molar-refractivity contribution is 7.89. The molecule has 166 valence electrons. The van der Waals surface area contributed by atoms with Crippen LogP contribution < -0.4 is 10.0 Å². The minimum Gasteiger partial charge on any atom is -0.391 e. The van der Waals surface area contributed by atoms with Gasteiger partial charge in [0.15, 0.2) is 0 Å². The normalized spacial score (nSPS) is 18.1. The fourth-order valence-corrected chi connectivity index (χ4v) is 5.13. The van der Waals surface area contributed by atoms with Gasteiger partial charge in [-0.3, -0.25) is 4.79 Å². The quantitative estimate of drug-likeness (QED) is 0.552. The molecule has 0 radical (unpaired) electrons. The first-order valence-electron chi connectivity index (χ1n) is 10.2. The predicted molar refractivity (Wildman–Crippen MR) is 119 cm³/mol. The van der Waals surface area contributed by atoms with Crippen LogP contribution in [0, 0.1) is 12.7 Å². The van der Waals surface area contributed by atoms with Crippen LogP contribution in [-0.4, -0.2) is 31.6 Å². The minimum atomic E-state index is -3.98. The minimum absolute atomic E-state index is 0.0773. The van der Waals surface area contributed by atoms with E-state index in [0.29, 0.717) is 24.1 Å². The second kappa shape index (κ2) is 8.82. The number of fused-ring (bicyclic) bond motifs is 1. The molecular formula is C24H23FN2O4S. The van der Waals surface area contributed by atoms with Gasteiger partial charge in [0, 0.05) is 17.7 Å². The molecule has 3 aromatic carbocycles. The number of nitrogens with one attached hydrogen (secondary N) is 2. The first-order chi connectivity index (χ1) is 15.2. The molecule has 0 aromatic heterocycles. The van der Waals surface area contributed by atoms with Gasteiger partial charge >= 0.3 is 0 Å². The van der Waals surface area contributed by atoms with Crippen LogP contribution in [0.5, 0.6) is 0 Å². The van der Waals surface area contributed by atoms with Gasteiger partial charge in [0.2, 0.25) is 10.0 Å². The fourth-order valence-electron chi connectivity index (χ4n) is 3.81. The number of carbonyl (C=O) groups is 1. The predicted octanol–water partition coefficient (Wildman–Crippen LogP) is 3.19. The first kappa shape index (κ1) is 22.1. The van der Waals surface area contributed by atoms with E-state index in [1.165, 1.54) is 42.5 Å². The van der Waals surface area contributed by atoms with Crippen molar-refractivity contribution < 1.29 is 22.7 Å². The summed E-state index contributed by atoms with van der Waals surface area (Å²) in [6.07, 6.45) is -0.114. The molecule has 8 heteroatoms. The smallest absolute Gasteiger partial charge is 0.255 e. The van der Waals surface area contributed by atoms with E-state index in [2.05, 4.69) is 10.0 Å². The van der Waals surface area contributed by atoms with Gasteiger partial charge in [-0.25, -0.2) is 17.5 Å². The van der Waals surface area contributed by atoms with Gasteiger partial charge in [-0.05, 0) is 66.4 Å². The lowest BCUT2D eigenvalue weighted by molar-refractivity contribution is 0.102. The Morgan fingerprint density at radius 3 is 2.44 bits per heavy atom. The molecule has 0 bridgehead atoms. The lowest BCUT2D eigenvalue weighted by Crippen LogP contribution is -2.47. The molecule has 0 spiro atoms. The monoisotopic (exact) mass is 454 g/mol. The Morgan fingerprint density at radius 2 is 1.72 bits per heavy atom. The number of anilines is 1. The number of carbonyl (C=O) groups excluding carboxylic acids is 1. The van der Waals surface area contributed by atoms with Gasteiger partial charge in [-0.1, -0.05) is 30.3 Å². The van der Waals surface area contributed by atoms with Crippen molar-refractivity contribution in [3.05, 3.63) is 94.8 Å². The van der Waals surface area contributed by atoms with E-state index in [1.807, 2.05) is 24.3 Å². The SMILES string of the molecule is Cc1cc(NC(=O)c2cccc(S(=O)(=O)N[C@H]3Cc4ccccc4C[C@@H]3O)c2)ccc1F. The van der Waals surface area contributed by atoms with Gasteiger partial charge in [0.1, 0.15) is 5.82 Å². The number of rotatable bonds is 5. The van der Waals surface area contributed by atoms with Gasteiger partial charge in [-0.2, -0.15) is 0 Å². The summed E-state index contributed by atoms with van der Waals surface area (Å²) >= 11 is 0. The number of amides is 1. The van der Waals surface area contributed by atoms with Crippen molar-refractivity contribution in [2.24, 2.45) is 0 Å². The van der Waals surface area contributed by atoms with E-state index in [9.17, 15) is 22.7 Å². The Hall–Kier alpha value is -3.07. The maximum atomic E-state index is 13.4. The van der Waals surface area contributed by atoms with Crippen molar-refractivity contribution >= 4 is 21.6 Å². The molecule has 1 aliphatic rings. The lowest BCUT2D eigenvalue weighted by atomic mass is 9.87. The van der Waals surface area contributed by atoms with Crippen LogP contribution in [0.1, 0.15) is 27.0 Å². The number of hydrogen-bond acceptors (Lipinski definition) is 4. The maximum Gasteiger partial charge on any atom is 0.255 e. The van der Waals surface area contributed by atoms with Crippen LogP contribution in [0.2, 0.25) is 0 Å². The average Bonchev–Trinajstić information content (AvgIpc) is 2.77. The number of aliphatic hydroxyl groups excluding tert-OH is 1. The second-order valence-electron chi connectivity index (χ2n) is 7.92. The summed E-state index contributed by atoms with van der Waals surface area (Å²) in [5.41, 5.74) is 2.93. The van der Waals surface area contributed by atoms with Crippen molar-refractivity contribution in [1.29, 1.82) is 0 Å². The molecule has 4 rings (SSSR count). The van der Waals surface area contributed by atoms with Crippen molar-refractivity contribution in [2.45, 2.75) is 36.8 Å². The third kappa shape index (κ3) is 4.72. The van der Waals surface area contributed by atoms with E-state index < -0.39 is 28.1 Å². The van der Waals surface area contributed by atoms with Crippen LogP contribution in [0.3, 0.4) is 0 Å². The molecule has 3 aromatic rings. The summed E-state index contributed by atoms with van der Waals surface area (Å²) in [5.74, 6) is -0.894. The van der Waals surface area contributed by atoms with Crippen LogP contribution >= 0.6 is 0 Å². The standard InChI is InChI=1S/C24H23FN2O4S/c1-15-11-19(9-10-21(15)25)26-24(29)18-7-4-8-20(12-18)32(30,31)27-22-13-16-5-2-3-6-17(16)14-23(22)28/h2-12,22-23,27-28H,13-14H2,1H3,(H,26,29)/t22-,23-/m0/s1. The molecule has 3 N–H and O–H groups in total. The topological polar surface area (TPSA) is 95.5 Å². The number of hydrogen-bond donors (Lipinski definition) is 3. The molecule has 0 aliphatic heterocycles. The molecule has 0 heterocycles. The number of halogens is 1. The van der Waals surface area contributed by atoms with Gasteiger partial charge in [0.25, 0.3) is 5.91 Å². The van der Waals surface area contributed by atoms with Crippen molar-refractivity contribution in [1.82, 2.24) is 4.72 Å². The summed E-state index contributed by atoms with van der Waals surface area (Å²) in [4.78, 5) is 12.5. The summed E-state index contributed by atoms with van der Waals surface area (Å²) in [7, 11) is -3.98. The Balaban J connectivity index is 1.51. The highest BCUT2D eigenvalue weighted by Crippen LogP contribution is 2.23. The molecule has 32 heavy (non-hydrogen) atoms. The summed E-state index contributed by atoms with van der Waals surface area (Å²) < 4.78 is 42.0. The molecule has 0 saturated carbocycles. The lowest BCUT2D eigenvalue weighted by Gasteiger charge is -2.30. The molecule has 1 amide bonds. The number of aryl methyl sites for hydroxylation is 1. The van der Waals surface area contributed by atoms with Crippen LogP contribution in [0.15, 0.2) is 71.6 Å². The second-order valence-corrected chi connectivity index (χ2v) is 9.63. The molecule has 2 atom stereocenters. The van der Waals surface area contributed by atoms with Gasteiger partial charge < -0.3 is 10.4 Å². The summed E-state index contributed by atoms with van der Waals surface area (Å²) in [5, 5.41) is 13.1. The van der Waals surface area contributed by atoms with Crippen molar-refractivity contribution in [3.63, 3.8) is 0 Å². The molecule has 0 saturated heterocycles. The Morgan fingerprint density at radius 1 is 1.00 bits per heavy atom. The van der Waals surface area contributed by atoms with Gasteiger partial charge in [-0.15, -0.1) is 0 Å². The first-order valence-corrected chi connectivity index (χ1v) is 11.7. The number of sulfonamides is 1. The zero-order chi connectivity index (χ0) is 22.9. The molecule has 0 unspecified atom stereocenters. The largest absolute Gasteiger partial charge is 0.391 e. The summed E-state index contributed by atoms with van der Waals surface area (Å²) in [6, 6.07) is 16.8. The maximum absolute atomic E-state index is 13.4. The van der Waals surface area contributed by atoms with E-state index >= 15 is 0 Å². The average molecular weight is 455 g/mol. The van der Waals surface area contributed by atoms with Crippen LogP contribution in [0.4, 0.5) is 10.1 Å². The molecular weight excluding hydrogens is 431 g/mol. The Kier molecular flexibility index (Phi) is 6.10. The number of benzene rings is 3. The molecule has 0 fully saturated rings. The van der Waals surface area contributed by atoms with E-state index in [1.54, 1.807) is 6.92 Å². The zero-order valence-electron chi connectivity index (χ0n) is 17.4. The van der Waals surface area contributed by atoms with Crippen molar-refractivity contribution in [3.8, 4) is 0 Å². The summed E-state index contributed by atoms with van der Waals surface area (Å²) in [6.45, 7) is 1.59. The highest BCUT2D eigenvalue weighted by Gasteiger charge is 2.31. The van der Waals surface area contributed by atoms with Crippen LogP contribution in [0.25, 0.3) is 0 Å². The van der Waals surface area contributed by atoms with E-state index in [4.69, 9.17) is 0 Å². The van der Waals surface area contributed by atoms with Crippen molar-refractivity contribution in [2.75, 3.05) is 5.32 Å². The molecule has 1 aliphatic carbocycles. The van der Waals surface area contributed by atoms with Gasteiger partial charge in [0.05, 0.1) is 17.0 Å². The van der Waals surface area contributed by atoms with E-state index in [-0.39, 0.29) is 16.3 Å². The van der Waals surface area contributed by atoms with Crippen LogP contribution in [-0.2, 0) is 22.9 Å². The van der Waals surface area contributed by atoms with E-state index in [0.717, 1.165) is 11.1 Å². The fraction of sp³-hybridized carbons (Fsp3) is 0.208. The third-order valence-electron chi connectivity index (χ3n) is 5.58.